The summed E-state index contributed by atoms with van der Waals surface area (Å²) in [6.07, 6.45) is 3.13. The minimum Gasteiger partial charge on any atom is -0.490 e. The van der Waals surface area contributed by atoms with Crippen LogP contribution in [0.3, 0.4) is 0 Å². The van der Waals surface area contributed by atoms with Crippen molar-refractivity contribution in [3.63, 3.8) is 0 Å². The van der Waals surface area contributed by atoms with E-state index in [9.17, 15) is 4.79 Å². The SMILES string of the molecule is CN=C(NCCc1ccc(NC(C)=O)cc1)N1CCC(Oc2ccccc2)CC1.I. The molecular formula is C23H31IN4O2. The van der Waals surface area contributed by atoms with Crippen LogP contribution in [0.15, 0.2) is 59.6 Å². The predicted molar refractivity (Wildman–Crippen MR) is 133 cm³/mol. The van der Waals surface area contributed by atoms with Crippen molar-refractivity contribution >= 4 is 41.5 Å². The molecule has 0 atom stereocenters. The zero-order chi connectivity index (χ0) is 20.5. The zero-order valence-electron chi connectivity index (χ0n) is 17.6. The fourth-order valence-electron chi connectivity index (χ4n) is 3.49. The Morgan fingerprint density at radius 1 is 1.10 bits per heavy atom. The van der Waals surface area contributed by atoms with Crippen LogP contribution in [0.2, 0.25) is 0 Å². The van der Waals surface area contributed by atoms with Crippen LogP contribution < -0.4 is 15.4 Å². The average Bonchev–Trinajstić information content (AvgIpc) is 2.74. The number of rotatable bonds is 6. The van der Waals surface area contributed by atoms with Gasteiger partial charge < -0.3 is 20.3 Å². The second kappa shape index (κ2) is 12.4. The number of amides is 1. The van der Waals surface area contributed by atoms with E-state index in [0.29, 0.717) is 0 Å². The Hall–Kier alpha value is -2.29. The number of likely N-dealkylation sites (tertiary alicyclic amines) is 1. The van der Waals surface area contributed by atoms with Crippen molar-refractivity contribution in [1.29, 1.82) is 0 Å². The van der Waals surface area contributed by atoms with E-state index in [1.807, 2.05) is 61.6 Å². The molecule has 30 heavy (non-hydrogen) atoms. The number of guanidine groups is 1. The van der Waals surface area contributed by atoms with Gasteiger partial charge in [-0.25, -0.2) is 0 Å². The van der Waals surface area contributed by atoms with Crippen LogP contribution in [0.1, 0.15) is 25.3 Å². The van der Waals surface area contributed by atoms with E-state index in [-0.39, 0.29) is 36.0 Å². The van der Waals surface area contributed by atoms with Gasteiger partial charge in [0.05, 0.1) is 0 Å². The van der Waals surface area contributed by atoms with Crippen molar-refractivity contribution in [1.82, 2.24) is 10.2 Å². The number of para-hydroxylation sites is 1. The first-order valence-electron chi connectivity index (χ1n) is 10.2. The molecule has 1 aliphatic heterocycles. The predicted octanol–water partition coefficient (Wildman–Crippen LogP) is 3.92. The number of piperidine rings is 1. The van der Waals surface area contributed by atoms with E-state index in [1.54, 1.807) is 0 Å². The van der Waals surface area contributed by atoms with E-state index < -0.39 is 0 Å². The van der Waals surface area contributed by atoms with E-state index >= 15 is 0 Å². The van der Waals surface area contributed by atoms with Crippen molar-refractivity contribution in [2.45, 2.75) is 32.3 Å². The minimum absolute atomic E-state index is 0. The Bertz CT molecular complexity index is 804. The van der Waals surface area contributed by atoms with Crippen molar-refractivity contribution in [3.8, 4) is 5.75 Å². The van der Waals surface area contributed by atoms with Crippen LogP contribution in [0.4, 0.5) is 5.69 Å². The lowest BCUT2D eigenvalue weighted by Gasteiger charge is -2.34. The number of anilines is 1. The molecule has 2 aromatic rings. The van der Waals surface area contributed by atoms with Crippen molar-refractivity contribution in [2.75, 3.05) is 32.0 Å². The van der Waals surface area contributed by atoms with Gasteiger partial charge in [0, 0.05) is 52.1 Å². The van der Waals surface area contributed by atoms with Crippen molar-refractivity contribution < 1.29 is 9.53 Å². The van der Waals surface area contributed by atoms with Gasteiger partial charge in [-0.2, -0.15) is 0 Å². The third-order valence-corrected chi connectivity index (χ3v) is 4.97. The summed E-state index contributed by atoms with van der Waals surface area (Å²) in [6, 6.07) is 18.0. The second-order valence-electron chi connectivity index (χ2n) is 7.22. The van der Waals surface area contributed by atoms with Crippen LogP contribution >= 0.6 is 24.0 Å². The summed E-state index contributed by atoms with van der Waals surface area (Å²) in [6.45, 7) is 4.19. The third-order valence-electron chi connectivity index (χ3n) is 4.97. The molecule has 7 heteroatoms. The quantitative estimate of drug-likeness (QED) is 0.343. The Labute approximate surface area is 196 Å². The fraction of sp³-hybridized carbons (Fsp3) is 0.391. The first-order chi connectivity index (χ1) is 14.1. The maximum absolute atomic E-state index is 11.1. The summed E-state index contributed by atoms with van der Waals surface area (Å²) in [5.41, 5.74) is 2.04. The number of carbonyl (C=O) groups excluding carboxylic acids is 1. The topological polar surface area (TPSA) is 66.0 Å². The Balaban J connectivity index is 0.00000320. The van der Waals surface area contributed by atoms with E-state index in [4.69, 9.17) is 4.74 Å². The molecule has 3 rings (SSSR count). The highest BCUT2D eigenvalue weighted by Crippen LogP contribution is 2.18. The summed E-state index contributed by atoms with van der Waals surface area (Å²) in [5, 5.41) is 6.25. The summed E-state index contributed by atoms with van der Waals surface area (Å²) in [4.78, 5) is 17.8. The molecule has 0 bridgehead atoms. The second-order valence-corrected chi connectivity index (χ2v) is 7.22. The number of nitrogens with zero attached hydrogens (tertiary/aromatic N) is 2. The number of ether oxygens (including phenoxy) is 1. The molecule has 2 N–H and O–H groups in total. The number of halogens is 1. The minimum atomic E-state index is -0.0545. The highest BCUT2D eigenvalue weighted by Gasteiger charge is 2.22. The van der Waals surface area contributed by atoms with E-state index in [2.05, 4.69) is 20.5 Å². The third kappa shape index (κ3) is 7.51. The average molecular weight is 522 g/mol. The molecule has 0 saturated carbocycles. The van der Waals surface area contributed by atoms with E-state index in [1.165, 1.54) is 12.5 Å². The van der Waals surface area contributed by atoms with Gasteiger partial charge in [-0.15, -0.1) is 24.0 Å². The molecule has 1 fully saturated rings. The Morgan fingerprint density at radius 3 is 2.37 bits per heavy atom. The molecule has 0 spiro atoms. The fourth-order valence-corrected chi connectivity index (χ4v) is 3.49. The van der Waals surface area contributed by atoms with Crippen LogP contribution in [-0.4, -0.2) is 49.6 Å². The van der Waals surface area contributed by atoms with Gasteiger partial charge in [-0.1, -0.05) is 30.3 Å². The molecule has 0 unspecified atom stereocenters. The standard InChI is InChI=1S/C23H30N4O2.HI/c1-18(28)26-20-10-8-19(9-11-20)12-15-25-23(24-2)27-16-13-22(14-17-27)29-21-6-4-3-5-7-21;/h3-11,22H,12-17H2,1-2H3,(H,24,25)(H,26,28);1H. The molecular weight excluding hydrogens is 491 g/mol. The summed E-state index contributed by atoms with van der Waals surface area (Å²) >= 11 is 0. The molecule has 1 amide bonds. The lowest BCUT2D eigenvalue weighted by molar-refractivity contribution is -0.114. The molecule has 1 aliphatic rings. The zero-order valence-corrected chi connectivity index (χ0v) is 20.0. The first kappa shape index (κ1) is 24.0. The molecule has 0 radical (unpaired) electrons. The van der Waals surface area contributed by atoms with Gasteiger partial charge in [-0.05, 0) is 36.2 Å². The van der Waals surface area contributed by atoms with Gasteiger partial charge in [0.1, 0.15) is 11.9 Å². The number of aliphatic imine (C=N–C) groups is 1. The van der Waals surface area contributed by atoms with Gasteiger partial charge in [0.15, 0.2) is 5.96 Å². The Morgan fingerprint density at radius 2 is 1.77 bits per heavy atom. The monoisotopic (exact) mass is 522 g/mol. The summed E-state index contributed by atoms with van der Waals surface area (Å²) in [7, 11) is 1.83. The maximum atomic E-state index is 11.1. The summed E-state index contributed by atoms with van der Waals surface area (Å²) < 4.78 is 6.08. The molecule has 1 saturated heterocycles. The van der Waals surface area contributed by atoms with Crippen LogP contribution in [0.25, 0.3) is 0 Å². The van der Waals surface area contributed by atoms with Gasteiger partial charge >= 0.3 is 0 Å². The Kier molecular flexibility index (Phi) is 9.93. The number of hydrogen-bond acceptors (Lipinski definition) is 3. The van der Waals surface area contributed by atoms with Gasteiger partial charge in [0.2, 0.25) is 5.91 Å². The first-order valence-corrected chi connectivity index (χ1v) is 10.2. The number of carbonyl (C=O) groups is 1. The number of nitrogens with one attached hydrogen (secondary N) is 2. The summed E-state index contributed by atoms with van der Waals surface area (Å²) in [5.74, 6) is 1.83. The van der Waals surface area contributed by atoms with Gasteiger partial charge in [-0.3, -0.25) is 9.79 Å². The molecule has 6 nitrogen and oxygen atoms in total. The van der Waals surface area contributed by atoms with Crippen molar-refractivity contribution in [2.24, 2.45) is 4.99 Å². The number of hydrogen-bond donors (Lipinski definition) is 2. The van der Waals surface area contributed by atoms with Gasteiger partial charge in [0.25, 0.3) is 0 Å². The molecule has 0 aromatic heterocycles. The van der Waals surface area contributed by atoms with Crippen molar-refractivity contribution in [3.05, 3.63) is 60.2 Å². The molecule has 1 heterocycles. The highest BCUT2D eigenvalue weighted by atomic mass is 127. The van der Waals surface area contributed by atoms with E-state index in [0.717, 1.165) is 56.3 Å². The largest absolute Gasteiger partial charge is 0.490 e. The number of benzene rings is 2. The maximum Gasteiger partial charge on any atom is 0.221 e. The lowest BCUT2D eigenvalue weighted by atomic mass is 10.1. The molecule has 0 aliphatic carbocycles. The molecule has 162 valence electrons. The normalized spacial score (nSPS) is 14.6. The van der Waals surface area contributed by atoms with Crippen LogP contribution in [0.5, 0.6) is 5.75 Å². The van der Waals surface area contributed by atoms with Crippen LogP contribution in [0, 0.1) is 0 Å². The van der Waals surface area contributed by atoms with Crippen LogP contribution in [-0.2, 0) is 11.2 Å². The molecule has 2 aromatic carbocycles. The lowest BCUT2D eigenvalue weighted by Crippen LogP contribution is -2.47. The smallest absolute Gasteiger partial charge is 0.221 e. The highest BCUT2D eigenvalue weighted by molar-refractivity contribution is 14.0.